The minimum Gasteiger partial charge on any atom is -0.464 e. The van der Waals surface area contributed by atoms with Crippen LogP contribution in [-0.2, 0) is 6.42 Å². The fraction of sp³-hybridized carbons (Fsp3) is 0.400. The fourth-order valence-electron chi connectivity index (χ4n) is 2.96. The first-order valence-electron chi connectivity index (χ1n) is 6.73. The molecule has 0 spiro atoms. The molecule has 0 bridgehead atoms. The van der Waals surface area contributed by atoms with Gasteiger partial charge in [0.1, 0.15) is 5.58 Å². The predicted molar refractivity (Wildman–Crippen MR) is 73.8 cm³/mol. The van der Waals surface area contributed by atoms with Gasteiger partial charge in [-0.3, -0.25) is 0 Å². The van der Waals surface area contributed by atoms with Crippen molar-refractivity contribution in [3.63, 3.8) is 0 Å². The molecule has 3 rings (SSSR count). The van der Waals surface area contributed by atoms with E-state index in [0.29, 0.717) is 5.92 Å². The zero-order chi connectivity index (χ0) is 13.2. The molecule has 1 unspecified atom stereocenters. The quantitative estimate of drug-likeness (QED) is 0.900. The number of fused-ring (bicyclic) bond motifs is 1. The van der Waals surface area contributed by atoms with Gasteiger partial charge in [-0.25, -0.2) is 4.79 Å². The highest BCUT2D eigenvalue weighted by molar-refractivity contribution is 5.80. The number of furan rings is 1. The summed E-state index contributed by atoms with van der Waals surface area (Å²) in [7, 11) is 0. The zero-order valence-corrected chi connectivity index (χ0v) is 10.8. The molecule has 2 N–H and O–H groups in total. The van der Waals surface area contributed by atoms with Gasteiger partial charge in [-0.2, -0.15) is 0 Å². The summed E-state index contributed by atoms with van der Waals surface area (Å²) in [6, 6.07) is 7.89. The van der Waals surface area contributed by atoms with Crippen molar-refractivity contribution in [2.45, 2.75) is 19.3 Å². The van der Waals surface area contributed by atoms with Gasteiger partial charge in [0.25, 0.3) is 0 Å². The number of hydrogen-bond donors (Lipinski definition) is 1. The lowest BCUT2D eigenvalue weighted by atomic mass is 9.91. The SMILES string of the molecule is NC(=O)N1CCCC(Cc2cccc3ccoc23)C1. The third kappa shape index (κ3) is 2.43. The van der Waals surface area contributed by atoms with Crippen LogP contribution in [0.2, 0.25) is 0 Å². The van der Waals surface area contributed by atoms with Crippen molar-refractivity contribution in [3.8, 4) is 0 Å². The topological polar surface area (TPSA) is 59.5 Å². The molecule has 1 aromatic carbocycles. The first-order valence-corrected chi connectivity index (χ1v) is 6.73. The number of para-hydroxylation sites is 1. The average Bonchev–Trinajstić information content (AvgIpc) is 2.88. The summed E-state index contributed by atoms with van der Waals surface area (Å²) in [6.07, 6.45) is 4.84. The number of nitrogens with zero attached hydrogens (tertiary/aromatic N) is 1. The van der Waals surface area contributed by atoms with E-state index in [-0.39, 0.29) is 6.03 Å². The van der Waals surface area contributed by atoms with E-state index in [1.165, 1.54) is 5.56 Å². The number of nitrogens with two attached hydrogens (primary N) is 1. The second-order valence-corrected chi connectivity index (χ2v) is 5.25. The molecule has 1 fully saturated rings. The number of carbonyl (C=O) groups excluding carboxylic acids is 1. The number of hydrogen-bond acceptors (Lipinski definition) is 2. The van der Waals surface area contributed by atoms with Crippen molar-refractivity contribution in [1.82, 2.24) is 4.90 Å². The van der Waals surface area contributed by atoms with Gasteiger partial charge < -0.3 is 15.1 Å². The van der Waals surface area contributed by atoms with E-state index >= 15 is 0 Å². The van der Waals surface area contributed by atoms with Crippen molar-refractivity contribution >= 4 is 17.0 Å². The lowest BCUT2D eigenvalue weighted by molar-refractivity contribution is 0.173. The maximum atomic E-state index is 11.3. The van der Waals surface area contributed by atoms with E-state index in [4.69, 9.17) is 10.2 Å². The fourth-order valence-corrected chi connectivity index (χ4v) is 2.96. The van der Waals surface area contributed by atoms with Gasteiger partial charge >= 0.3 is 6.03 Å². The van der Waals surface area contributed by atoms with Gasteiger partial charge in [-0.1, -0.05) is 18.2 Å². The summed E-state index contributed by atoms with van der Waals surface area (Å²) in [5, 5.41) is 1.14. The first kappa shape index (κ1) is 12.1. The van der Waals surface area contributed by atoms with Crippen molar-refractivity contribution in [1.29, 1.82) is 0 Å². The summed E-state index contributed by atoms with van der Waals surface area (Å²) >= 11 is 0. The van der Waals surface area contributed by atoms with Crippen LogP contribution in [-0.4, -0.2) is 24.0 Å². The van der Waals surface area contributed by atoms with Crippen LogP contribution in [0.15, 0.2) is 34.9 Å². The average molecular weight is 258 g/mol. The normalized spacial score (nSPS) is 19.8. The minimum atomic E-state index is -0.305. The van der Waals surface area contributed by atoms with Crippen molar-refractivity contribution in [2.75, 3.05) is 13.1 Å². The smallest absolute Gasteiger partial charge is 0.314 e. The Morgan fingerprint density at radius 2 is 2.32 bits per heavy atom. The number of likely N-dealkylation sites (tertiary alicyclic amines) is 1. The molecular weight excluding hydrogens is 240 g/mol. The summed E-state index contributed by atoms with van der Waals surface area (Å²) in [5.41, 5.74) is 7.56. The highest BCUT2D eigenvalue weighted by atomic mass is 16.3. The van der Waals surface area contributed by atoms with Crippen molar-refractivity contribution in [3.05, 3.63) is 36.1 Å². The van der Waals surface area contributed by atoms with Gasteiger partial charge in [0.05, 0.1) is 6.26 Å². The molecule has 2 heterocycles. The second kappa shape index (κ2) is 4.96. The lowest BCUT2D eigenvalue weighted by Gasteiger charge is -2.31. The Kier molecular flexibility index (Phi) is 3.15. The molecule has 0 saturated carbocycles. The van der Waals surface area contributed by atoms with Gasteiger partial charge in [-0.05, 0) is 36.8 Å². The highest BCUT2D eigenvalue weighted by Gasteiger charge is 2.23. The molecular formula is C15H18N2O2. The molecule has 4 heteroatoms. The highest BCUT2D eigenvalue weighted by Crippen LogP contribution is 2.26. The predicted octanol–water partition coefficient (Wildman–Crippen LogP) is 2.77. The summed E-state index contributed by atoms with van der Waals surface area (Å²) < 4.78 is 5.56. The Hall–Kier alpha value is -1.97. The Balaban J connectivity index is 1.77. The molecule has 1 atom stereocenters. The number of urea groups is 1. The maximum absolute atomic E-state index is 11.3. The van der Waals surface area contributed by atoms with Crippen LogP contribution in [0.25, 0.3) is 11.0 Å². The van der Waals surface area contributed by atoms with Crippen molar-refractivity contribution < 1.29 is 9.21 Å². The maximum Gasteiger partial charge on any atom is 0.314 e. The van der Waals surface area contributed by atoms with Gasteiger partial charge in [-0.15, -0.1) is 0 Å². The number of piperidine rings is 1. The molecule has 1 saturated heterocycles. The van der Waals surface area contributed by atoms with Crippen LogP contribution in [0.1, 0.15) is 18.4 Å². The molecule has 0 aliphatic carbocycles. The Morgan fingerprint density at radius 3 is 3.16 bits per heavy atom. The summed E-state index contributed by atoms with van der Waals surface area (Å²) in [5.74, 6) is 0.469. The molecule has 1 aromatic heterocycles. The number of primary amides is 1. The molecule has 100 valence electrons. The lowest BCUT2D eigenvalue weighted by Crippen LogP contribution is -2.43. The molecule has 1 aliphatic rings. The zero-order valence-electron chi connectivity index (χ0n) is 10.8. The number of benzene rings is 1. The van der Waals surface area contributed by atoms with E-state index in [0.717, 1.165) is 43.3 Å². The molecule has 2 amide bonds. The summed E-state index contributed by atoms with van der Waals surface area (Å²) in [4.78, 5) is 13.0. The van der Waals surface area contributed by atoms with Crippen LogP contribution in [0.4, 0.5) is 4.79 Å². The van der Waals surface area contributed by atoms with E-state index < -0.39 is 0 Å². The molecule has 2 aromatic rings. The third-order valence-electron chi connectivity index (χ3n) is 3.90. The van der Waals surface area contributed by atoms with E-state index in [9.17, 15) is 4.79 Å². The van der Waals surface area contributed by atoms with E-state index in [1.54, 1.807) is 11.2 Å². The van der Waals surface area contributed by atoms with Crippen LogP contribution in [0.3, 0.4) is 0 Å². The van der Waals surface area contributed by atoms with Crippen LogP contribution < -0.4 is 5.73 Å². The number of amides is 2. The third-order valence-corrected chi connectivity index (χ3v) is 3.90. The van der Waals surface area contributed by atoms with Crippen LogP contribution >= 0.6 is 0 Å². The van der Waals surface area contributed by atoms with E-state index in [1.807, 2.05) is 6.07 Å². The summed E-state index contributed by atoms with van der Waals surface area (Å²) in [6.45, 7) is 1.54. The standard InChI is InChI=1S/C15H18N2O2/c16-15(18)17-7-2-3-11(10-17)9-13-5-1-4-12-6-8-19-14(12)13/h1,4-6,8,11H,2-3,7,9-10H2,(H2,16,18). The first-order chi connectivity index (χ1) is 9.24. The number of rotatable bonds is 2. The second-order valence-electron chi connectivity index (χ2n) is 5.25. The molecule has 1 aliphatic heterocycles. The Labute approximate surface area is 112 Å². The molecule has 19 heavy (non-hydrogen) atoms. The van der Waals surface area contributed by atoms with Crippen LogP contribution in [0, 0.1) is 5.92 Å². The van der Waals surface area contributed by atoms with E-state index in [2.05, 4.69) is 18.2 Å². The van der Waals surface area contributed by atoms with Crippen molar-refractivity contribution in [2.24, 2.45) is 11.7 Å². The minimum absolute atomic E-state index is 0.305. The molecule has 4 nitrogen and oxygen atoms in total. The Morgan fingerprint density at radius 1 is 1.42 bits per heavy atom. The van der Waals surface area contributed by atoms with Gasteiger partial charge in [0, 0.05) is 18.5 Å². The largest absolute Gasteiger partial charge is 0.464 e. The Bertz CT molecular complexity index is 591. The monoisotopic (exact) mass is 258 g/mol. The number of carbonyl (C=O) groups is 1. The van der Waals surface area contributed by atoms with Gasteiger partial charge in [0.2, 0.25) is 0 Å². The van der Waals surface area contributed by atoms with Crippen LogP contribution in [0.5, 0.6) is 0 Å². The van der Waals surface area contributed by atoms with Gasteiger partial charge in [0.15, 0.2) is 0 Å². The molecule has 0 radical (unpaired) electrons.